The van der Waals surface area contributed by atoms with Gasteiger partial charge in [-0.2, -0.15) is 4.98 Å². The lowest BCUT2D eigenvalue weighted by Gasteiger charge is -2.17. The molecule has 19 heavy (non-hydrogen) atoms. The molecule has 0 aliphatic heterocycles. The highest BCUT2D eigenvalue weighted by atomic mass is 35.5. The van der Waals surface area contributed by atoms with Crippen LogP contribution >= 0.6 is 11.6 Å². The van der Waals surface area contributed by atoms with Crippen molar-refractivity contribution in [1.82, 2.24) is 9.97 Å². The molecular weight excluding hydrogens is 260 g/mol. The number of aromatic nitrogens is 2. The third-order valence-electron chi connectivity index (χ3n) is 2.76. The number of benzene rings is 1. The summed E-state index contributed by atoms with van der Waals surface area (Å²) in [4.78, 5) is 10.5. The van der Waals surface area contributed by atoms with Crippen LogP contribution in [0.15, 0.2) is 36.5 Å². The first-order chi connectivity index (χ1) is 9.06. The molecule has 0 saturated carbocycles. The summed E-state index contributed by atoms with van der Waals surface area (Å²) in [5, 5.41) is 4.08. The minimum absolute atomic E-state index is 0.128. The van der Waals surface area contributed by atoms with Crippen molar-refractivity contribution in [2.45, 2.75) is 13.0 Å². The molecule has 2 aromatic rings. The molecule has 0 fully saturated rings. The summed E-state index contributed by atoms with van der Waals surface area (Å²) in [7, 11) is 3.83. The first kappa shape index (κ1) is 13.6. The van der Waals surface area contributed by atoms with Crippen LogP contribution in [0.5, 0.6) is 0 Å². The molecule has 1 aromatic carbocycles. The van der Waals surface area contributed by atoms with Crippen molar-refractivity contribution in [3.05, 3.63) is 47.1 Å². The molecule has 4 nitrogen and oxygen atoms in total. The van der Waals surface area contributed by atoms with E-state index in [1.165, 1.54) is 0 Å². The first-order valence-corrected chi connectivity index (χ1v) is 6.46. The molecule has 0 amide bonds. The van der Waals surface area contributed by atoms with Crippen molar-refractivity contribution in [1.29, 1.82) is 0 Å². The van der Waals surface area contributed by atoms with Gasteiger partial charge in [0.25, 0.3) is 0 Å². The number of anilines is 2. The molecule has 1 unspecified atom stereocenters. The molecule has 0 radical (unpaired) electrons. The van der Waals surface area contributed by atoms with Crippen LogP contribution in [0.25, 0.3) is 0 Å². The van der Waals surface area contributed by atoms with E-state index in [2.05, 4.69) is 22.2 Å². The molecule has 1 N–H and O–H groups in total. The van der Waals surface area contributed by atoms with Crippen LogP contribution in [0, 0.1) is 0 Å². The van der Waals surface area contributed by atoms with Crippen LogP contribution in [-0.2, 0) is 0 Å². The van der Waals surface area contributed by atoms with Crippen LogP contribution in [0.3, 0.4) is 0 Å². The molecule has 0 aliphatic rings. The molecule has 2 rings (SSSR count). The Bertz CT molecular complexity index is 557. The number of nitrogens with zero attached hydrogens (tertiary/aromatic N) is 3. The monoisotopic (exact) mass is 276 g/mol. The lowest BCUT2D eigenvalue weighted by molar-refractivity contribution is 0.868. The van der Waals surface area contributed by atoms with Gasteiger partial charge in [0.05, 0.1) is 0 Å². The van der Waals surface area contributed by atoms with Crippen LogP contribution < -0.4 is 10.2 Å². The molecule has 5 heteroatoms. The molecule has 0 bridgehead atoms. The summed E-state index contributed by atoms with van der Waals surface area (Å²) in [5.41, 5.74) is 1.12. The number of nitrogens with one attached hydrogen (secondary N) is 1. The number of hydrogen-bond donors (Lipinski definition) is 1. The normalized spacial score (nSPS) is 12.0. The van der Waals surface area contributed by atoms with E-state index in [-0.39, 0.29) is 6.04 Å². The van der Waals surface area contributed by atoms with Crippen molar-refractivity contribution < 1.29 is 0 Å². The predicted octanol–water partition coefficient (Wildman–Crippen LogP) is 3.37. The maximum atomic E-state index is 6.00. The molecule has 1 atom stereocenters. The molecule has 0 spiro atoms. The molecule has 1 heterocycles. The Balaban J connectivity index is 2.14. The van der Waals surface area contributed by atoms with Crippen LogP contribution in [-0.4, -0.2) is 24.1 Å². The summed E-state index contributed by atoms with van der Waals surface area (Å²) in [6.07, 6.45) is 1.75. The maximum absolute atomic E-state index is 6.00. The fourth-order valence-electron chi connectivity index (χ4n) is 1.73. The Morgan fingerprint density at radius 1 is 1.26 bits per heavy atom. The molecule has 100 valence electrons. The van der Waals surface area contributed by atoms with Gasteiger partial charge in [-0.3, -0.25) is 0 Å². The Hall–Kier alpha value is -1.81. The standard InChI is InChI=1S/C14H17ClN4/c1-10(11-5-4-6-12(15)9-11)17-13-7-8-16-14(18-13)19(2)3/h4-10H,1-3H3,(H,16,17,18). The summed E-state index contributed by atoms with van der Waals surface area (Å²) < 4.78 is 0. The van der Waals surface area contributed by atoms with E-state index in [0.29, 0.717) is 5.95 Å². The molecule has 1 aromatic heterocycles. The zero-order valence-electron chi connectivity index (χ0n) is 11.3. The second kappa shape index (κ2) is 5.89. The van der Waals surface area contributed by atoms with Crippen molar-refractivity contribution in [2.24, 2.45) is 0 Å². The van der Waals surface area contributed by atoms with Gasteiger partial charge >= 0.3 is 0 Å². The SMILES string of the molecule is CC(Nc1ccnc(N(C)C)n1)c1cccc(Cl)c1. The maximum Gasteiger partial charge on any atom is 0.226 e. The van der Waals surface area contributed by atoms with Gasteiger partial charge in [0.2, 0.25) is 5.95 Å². The van der Waals surface area contributed by atoms with Gasteiger partial charge in [0.15, 0.2) is 0 Å². The molecular formula is C14H17ClN4. The van der Waals surface area contributed by atoms with Crippen LogP contribution in [0.1, 0.15) is 18.5 Å². The molecule has 0 saturated heterocycles. The van der Waals surface area contributed by atoms with Crippen molar-refractivity contribution in [3.63, 3.8) is 0 Å². The summed E-state index contributed by atoms with van der Waals surface area (Å²) >= 11 is 6.00. The quantitative estimate of drug-likeness (QED) is 0.930. The minimum Gasteiger partial charge on any atom is -0.363 e. The minimum atomic E-state index is 0.128. The van der Waals surface area contributed by atoms with Gasteiger partial charge in [0.1, 0.15) is 5.82 Å². The molecule has 0 aliphatic carbocycles. The van der Waals surface area contributed by atoms with E-state index in [9.17, 15) is 0 Å². The second-order valence-corrected chi connectivity index (χ2v) is 4.99. The summed E-state index contributed by atoms with van der Waals surface area (Å²) in [6, 6.07) is 9.79. The van der Waals surface area contributed by atoms with Crippen molar-refractivity contribution in [3.8, 4) is 0 Å². The van der Waals surface area contributed by atoms with E-state index < -0.39 is 0 Å². The zero-order chi connectivity index (χ0) is 13.8. The number of halogens is 1. The van der Waals surface area contributed by atoms with Crippen LogP contribution in [0.4, 0.5) is 11.8 Å². The second-order valence-electron chi connectivity index (χ2n) is 4.56. The van der Waals surface area contributed by atoms with Gasteiger partial charge in [-0.1, -0.05) is 23.7 Å². The van der Waals surface area contributed by atoms with Gasteiger partial charge in [-0.15, -0.1) is 0 Å². The fraction of sp³-hybridized carbons (Fsp3) is 0.286. The highest BCUT2D eigenvalue weighted by molar-refractivity contribution is 6.30. The Labute approximate surface area is 118 Å². The highest BCUT2D eigenvalue weighted by Crippen LogP contribution is 2.21. The van der Waals surface area contributed by atoms with E-state index in [1.807, 2.05) is 49.3 Å². The lowest BCUT2D eigenvalue weighted by Crippen LogP contribution is -2.14. The highest BCUT2D eigenvalue weighted by Gasteiger charge is 2.07. The Kier molecular flexibility index (Phi) is 4.22. The van der Waals surface area contributed by atoms with Crippen molar-refractivity contribution >= 4 is 23.4 Å². The summed E-state index contributed by atoms with van der Waals surface area (Å²) in [6.45, 7) is 2.07. The Morgan fingerprint density at radius 3 is 2.74 bits per heavy atom. The van der Waals surface area contributed by atoms with E-state index >= 15 is 0 Å². The largest absolute Gasteiger partial charge is 0.363 e. The lowest BCUT2D eigenvalue weighted by atomic mass is 10.1. The van der Waals surface area contributed by atoms with E-state index in [0.717, 1.165) is 16.4 Å². The van der Waals surface area contributed by atoms with Gasteiger partial charge in [-0.05, 0) is 30.7 Å². The van der Waals surface area contributed by atoms with Crippen LogP contribution in [0.2, 0.25) is 5.02 Å². The first-order valence-electron chi connectivity index (χ1n) is 6.08. The fourth-order valence-corrected chi connectivity index (χ4v) is 1.92. The van der Waals surface area contributed by atoms with Gasteiger partial charge in [-0.25, -0.2) is 4.98 Å². The van der Waals surface area contributed by atoms with Crippen molar-refractivity contribution in [2.75, 3.05) is 24.3 Å². The van der Waals surface area contributed by atoms with E-state index in [4.69, 9.17) is 11.6 Å². The average Bonchev–Trinajstić information content (AvgIpc) is 2.39. The summed E-state index contributed by atoms with van der Waals surface area (Å²) in [5.74, 6) is 1.48. The zero-order valence-corrected chi connectivity index (χ0v) is 12.0. The van der Waals surface area contributed by atoms with Gasteiger partial charge < -0.3 is 10.2 Å². The topological polar surface area (TPSA) is 41.1 Å². The average molecular weight is 277 g/mol. The number of hydrogen-bond acceptors (Lipinski definition) is 4. The third kappa shape index (κ3) is 3.58. The predicted molar refractivity (Wildman–Crippen MR) is 79.8 cm³/mol. The van der Waals surface area contributed by atoms with E-state index in [1.54, 1.807) is 6.20 Å². The number of rotatable bonds is 4. The smallest absolute Gasteiger partial charge is 0.226 e. The van der Waals surface area contributed by atoms with Gasteiger partial charge in [0, 0.05) is 31.4 Å². The Morgan fingerprint density at radius 2 is 2.05 bits per heavy atom. The third-order valence-corrected chi connectivity index (χ3v) is 2.99.